The van der Waals surface area contributed by atoms with E-state index < -0.39 is 17.8 Å². The minimum absolute atomic E-state index is 0.168. The Morgan fingerprint density at radius 1 is 0.973 bits per heavy atom. The minimum atomic E-state index is -0.783. The van der Waals surface area contributed by atoms with Gasteiger partial charge in [-0.15, -0.1) is 0 Å². The number of amides is 4. The second kappa shape index (κ2) is 10.6. The summed E-state index contributed by atoms with van der Waals surface area (Å²) in [6, 6.07) is 14.2. The summed E-state index contributed by atoms with van der Waals surface area (Å²) >= 11 is 3.53. The third-order valence-electron chi connectivity index (χ3n) is 6.15. The fraction of sp³-hybridized carbons (Fsp3) is 0.207. The van der Waals surface area contributed by atoms with Gasteiger partial charge in [0.1, 0.15) is 12.2 Å². The number of barbiturate groups is 1. The Morgan fingerprint density at radius 3 is 2.35 bits per heavy atom. The second-order valence-electron chi connectivity index (χ2n) is 9.00. The molecule has 37 heavy (non-hydrogen) atoms. The lowest BCUT2D eigenvalue weighted by molar-refractivity contribution is -0.122. The van der Waals surface area contributed by atoms with Crippen LogP contribution in [0.25, 0.3) is 6.08 Å². The molecule has 0 saturated carbocycles. The van der Waals surface area contributed by atoms with Gasteiger partial charge in [0, 0.05) is 0 Å². The maximum absolute atomic E-state index is 13.3. The normalized spacial score (nSPS) is 14.7. The van der Waals surface area contributed by atoms with E-state index in [-0.39, 0.29) is 5.57 Å². The molecule has 0 spiro atoms. The standard InChI is InChI=1S/C29H27BrN2O5/c1-16-9-17(2)11-21(10-16)15-37-26-23(30)13-20(14-25(26)36-5)12-22-27(33)31-29(35)32(28(22)34)24-8-6-7-18(3)19(24)4/h6-14H,15H2,1-5H3,(H,31,33,35)/b22-12+. The predicted octanol–water partition coefficient (Wildman–Crippen LogP) is 5.94. The number of benzene rings is 3. The number of hydrogen-bond acceptors (Lipinski definition) is 5. The minimum Gasteiger partial charge on any atom is -0.493 e. The Bertz CT molecular complexity index is 1440. The van der Waals surface area contributed by atoms with E-state index in [2.05, 4.69) is 39.4 Å². The van der Waals surface area contributed by atoms with E-state index >= 15 is 0 Å². The Balaban J connectivity index is 1.66. The molecule has 3 aromatic rings. The van der Waals surface area contributed by atoms with Crippen LogP contribution in [0.4, 0.5) is 10.5 Å². The first-order valence-electron chi connectivity index (χ1n) is 11.6. The number of aryl methyl sites for hydroxylation is 3. The number of rotatable bonds is 6. The maximum atomic E-state index is 13.3. The molecule has 1 saturated heterocycles. The SMILES string of the molecule is COc1cc(/C=C2\C(=O)NC(=O)N(c3cccc(C)c3C)C2=O)cc(Br)c1OCc1cc(C)cc(C)c1. The summed E-state index contributed by atoms with van der Waals surface area (Å²) in [6.45, 7) is 8.12. The largest absolute Gasteiger partial charge is 0.493 e. The van der Waals surface area contributed by atoms with E-state index in [1.54, 1.807) is 24.3 Å². The number of urea groups is 1. The number of carbonyl (C=O) groups excluding carboxylic acids is 3. The third-order valence-corrected chi connectivity index (χ3v) is 6.74. The smallest absolute Gasteiger partial charge is 0.335 e. The zero-order chi connectivity index (χ0) is 26.9. The first-order chi connectivity index (χ1) is 17.6. The molecule has 7 nitrogen and oxygen atoms in total. The van der Waals surface area contributed by atoms with Crippen molar-refractivity contribution in [2.45, 2.75) is 34.3 Å². The molecule has 0 unspecified atom stereocenters. The van der Waals surface area contributed by atoms with Gasteiger partial charge in [-0.05, 0) is 90.2 Å². The van der Waals surface area contributed by atoms with Crippen molar-refractivity contribution < 1.29 is 23.9 Å². The molecular formula is C29H27BrN2O5. The Kier molecular flexibility index (Phi) is 7.50. The van der Waals surface area contributed by atoms with E-state index in [1.807, 2.05) is 33.8 Å². The second-order valence-corrected chi connectivity index (χ2v) is 9.85. The van der Waals surface area contributed by atoms with Crippen LogP contribution in [0.3, 0.4) is 0 Å². The highest BCUT2D eigenvalue weighted by atomic mass is 79.9. The number of nitrogens with one attached hydrogen (secondary N) is 1. The van der Waals surface area contributed by atoms with Crippen LogP contribution in [-0.2, 0) is 16.2 Å². The van der Waals surface area contributed by atoms with Crippen molar-refractivity contribution in [1.82, 2.24) is 5.32 Å². The molecule has 1 aliphatic heterocycles. The van der Waals surface area contributed by atoms with Crippen LogP contribution in [0.1, 0.15) is 33.4 Å². The zero-order valence-corrected chi connectivity index (χ0v) is 22.9. The van der Waals surface area contributed by atoms with Gasteiger partial charge >= 0.3 is 6.03 Å². The average molecular weight is 563 g/mol. The van der Waals surface area contributed by atoms with Crippen LogP contribution >= 0.6 is 15.9 Å². The van der Waals surface area contributed by atoms with Crippen molar-refractivity contribution in [2.24, 2.45) is 0 Å². The van der Waals surface area contributed by atoms with Gasteiger partial charge in [0.05, 0.1) is 17.3 Å². The number of carbonyl (C=O) groups is 3. The van der Waals surface area contributed by atoms with Gasteiger partial charge in [0.2, 0.25) is 0 Å². The monoisotopic (exact) mass is 562 g/mol. The van der Waals surface area contributed by atoms with Crippen LogP contribution in [0, 0.1) is 27.7 Å². The summed E-state index contributed by atoms with van der Waals surface area (Å²) in [4.78, 5) is 39.6. The van der Waals surface area contributed by atoms with Crippen molar-refractivity contribution in [3.05, 3.63) is 92.0 Å². The highest BCUT2D eigenvalue weighted by Gasteiger charge is 2.37. The van der Waals surface area contributed by atoms with E-state index in [1.165, 1.54) is 13.2 Å². The molecule has 0 atom stereocenters. The molecule has 4 rings (SSSR count). The summed E-state index contributed by atoms with van der Waals surface area (Å²) < 4.78 is 12.2. The number of nitrogens with zero attached hydrogens (tertiary/aromatic N) is 1. The number of halogens is 1. The molecule has 1 heterocycles. The molecule has 1 fully saturated rings. The first-order valence-corrected chi connectivity index (χ1v) is 12.4. The van der Waals surface area contributed by atoms with Crippen molar-refractivity contribution >= 4 is 45.5 Å². The van der Waals surface area contributed by atoms with Crippen LogP contribution < -0.4 is 19.7 Å². The molecule has 0 radical (unpaired) electrons. The molecule has 3 aromatic carbocycles. The molecular weight excluding hydrogens is 536 g/mol. The van der Waals surface area contributed by atoms with Crippen molar-refractivity contribution in [3.63, 3.8) is 0 Å². The fourth-order valence-corrected chi connectivity index (χ4v) is 4.87. The van der Waals surface area contributed by atoms with Crippen LogP contribution in [0.15, 0.2) is 58.6 Å². The fourth-order valence-electron chi connectivity index (χ4n) is 4.29. The van der Waals surface area contributed by atoms with Crippen molar-refractivity contribution in [3.8, 4) is 11.5 Å². The van der Waals surface area contributed by atoms with Gasteiger partial charge in [-0.25, -0.2) is 9.69 Å². The van der Waals surface area contributed by atoms with E-state index in [0.717, 1.165) is 32.7 Å². The Morgan fingerprint density at radius 2 is 1.68 bits per heavy atom. The molecule has 8 heteroatoms. The molecule has 0 aliphatic carbocycles. The van der Waals surface area contributed by atoms with Gasteiger partial charge in [0.15, 0.2) is 11.5 Å². The maximum Gasteiger partial charge on any atom is 0.335 e. The number of methoxy groups -OCH3 is 1. The lowest BCUT2D eigenvalue weighted by atomic mass is 10.0. The molecule has 1 N–H and O–H groups in total. The molecule has 1 aliphatic rings. The number of hydrogen-bond donors (Lipinski definition) is 1. The summed E-state index contributed by atoms with van der Waals surface area (Å²) in [6.07, 6.45) is 1.43. The number of ether oxygens (including phenoxy) is 2. The van der Waals surface area contributed by atoms with Crippen molar-refractivity contribution in [2.75, 3.05) is 12.0 Å². The van der Waals surface area contributed by atoms with E-state index in [4.69, 9.17) is 9.47 Å². The summed E-state index contributed by atoms with van der Waals surface area (Å²) in [5, 5.41) is 2.27. The Labute approximate surface area is 224 Å². The quantitative estimate of drug-likeness (QED) is 0.297. The average Bonchev–Trinajstić information content (AvgIpc) is 2.82. The Hall–Kier alpha value is -3.91. The molecule has 0 bridgehead atoms. The summed E-state index contributed by atoms with van der Waals surface area (Å²) in [7, 11) is 1.52. The van der Waals surface area contributed by atoms with E-state index in [9.17, 15) is 14.4 Å². The third kappa shape index (κ3) is 5.44. The molecule has 190 valence electrons. The highest BCUT2D eigenvalue weighted by Crippen LogP contribution is 2.38. The summed E-state index contributed by atoms with van der Waals surface area (Å²) in [5.74, 6) is -0.540. The highest BCUT2D eigenvalue weighted by molar-refractivity contribution is 9.10. The lowest BCUT2D eigenvalue weighted by Crippen LogP contribution is -2.54. The summed E-state index contributed by atoms with van der Waals surface area (Å²) in [5.41, 5.74) is 5.80. The van der Waals surface area contributed by atoms with Crippen LogP contribution in [0.2, 0.25) is 0 Å². The van der Waals surface area contributed by atoms with Gasteiger partial charge < -0.3 is 9.47 Å². The lowest BCUT2D eigenvalue weighted by Gasteiger charge is -2.28. The van der Waals surface area contributed by atoms with Gasteiger partial charge in [-0.2, -0.15) is 0 Å². The predicted molar refractivity (Wildman–Crippen MR) is 146 cm³/mol. The number of anilines is 1. The van der Waals surface area contributed by atoms with Gasteiger partial charge in [0.25, 0.3) is 11.8 Å². The zero-order valence-electron chi connectivity index (χ0n) is 21.3. The topological polar surface area (TPSA) is 84.9 Å². The molecule has 0 aromatic heterocycles. The first kappa shape index (κ1) is 26.2. The van der Waals surface area contributed by atoms with E-state index in [0.29, 0.717) is 33.8 Å². The molecule has 4 amide bonds. The van der Waals surface area contributed by atoms with Gasteiger partial charge in [-0.1, -0.05) is 41.5 Å². The van der Waals surface area contributed by atoms with Crippen LogP contribution in [-0.4, -0.2) is 25.0 Å². The van der Waals surface area contributed by atoms with Crippen molar-refractivity contribution in [1.29, 1.82) is 0 Å². The van der Waals surface area contributed by atoms with Crippen LogP contribution in [0.5, 0.6) is 11.5 Å². The van der Waals surface area contributed by atoms with Gasteiger partial charge in [-0.3, -0.25) is 14.9 Å². The number of imide groups is 2.